The van der Waals surface area contributed by atoms with Crippen LogP contribution in [-0.2, 0) is 9.53 Å². The Kier molecular flexibility index (Phi) is 5.85. The first-order chi connectivity index (χ1) is 7.30. The second kappa shape index (κ2) is 6.35. The molecule has 0 saturated heterocycles. The van der Waals surface area contributed by atoms with Crippen molar-refractivity contribution in [1.82, 2.24) is 10.2 Å². The number of rotatable bonds is 4. The fraction of sp³-hybridized carbons (Fsp3) is 0.818. The highest BCUT2D eigenvalue weighted by molar-refractivity contribution is 5.76. The maximum atomic E-state index is 11.8. The second-order valence-electron chi connectivity index (χ2n) is 4.59. The first-order valence-electron chi connectivity index (χ1n) is 5.44. The summed E-state index contributed by atoms with van der Waals surface area (Å²) in [4.78, 5) is 24.3. The minimum absolute atomic E-state index is 0.154. The van der Waals surface area contributed by atoms with Crippen LogP contribution in [0, 0.1) is 0 Å². The maximum absolute atomic E-state index is 11.8. The first-order valence-corrected chi connectivity index (χ1v) is 5.44. The van der Waals surface area contributed by atoms with Crippen molar-refractivity contribution in [1.29, 1.82) is 0 Å². The summed E-state index contributed by atoms with van der Waals surface area (Å²) in [6, 6.07) is -0.154. The monoisotopic (exact) mass is 230 g/mol. The number of amides is 2. The van der Waals surface area contributed by atoms with E-state index >= 15 is 0 Å². The van der Waals surface area contributed by atoms with Crippen LogP contribution in [-0.4, -0.2) is 42.6 Å². The smallest absolute Gasteiger partial charge is 0.317 e. The highest BCUT2D eigenvalue weighted by Crippen LogP contribution is 2.02. The average Bonchev–Trinajstić information content (AvgIpc) is 2.15. The Bertz CT molecular complexity index is 246. The summed E-state index contributed by atoms with van der Waals surface area (Å²) in [5, 5.41) is 2.85. The van der Waals surface area contributed by atoms with Gasteiger partial charge in [-0.3, -0.25) is 4.79 Å². The SMILES string of the molecule is CCN(CCC(=O)OC)C(=O)NC(C)(C)C. The molecule has 1 N–H and O–H groups in total. The lowest BCUT2D eigenvalue weighted by molar-refractivity contribution is -0.140. The normalized spacial score (nSPS) is 10.8. The van der Waals surface area contributed by atoms with Gasteiger partial charge in [0.05, 0.1) is 13.5 Å². The van der Waals surface area contributed by atoms with Crippen molar-refractivity contribution in [3.63, 3.8) is 0 Å². The van der Waals surface area contributed by atoms with E-state index in [0.29, 0.717) is 13.1 Å². The van der Waals surface area contributed by atoms with Crippen LogP contribution in [0.25, 0.3) is 0 Å². The summed E-state index contributed by atoms with van der Waals surface area (Å²) >= 11 is 0. The Morgan fingerprint density at radius 2 is 1.88 bits per heavy atom. The summed E-state index contributed by atoms with van der Waals surface area (Å²) in [5.74, 6) is -0.304. The third-order valence-electron chi connectivity index (χ3n) is 1.96. The van der Waals surface area contributed by atoms with Gasteiger partial charge in [-0.05, 0) is 27.7 Å². The van der Waals surface area contributed by atoms with Crippen molar-refractivity contribution in [2.75, 3.05) is 20.2 Å². The van der Waals surface area contributed by atoms with Crippen LogP contribution in [0.5, 0.6) is 0 Å². The molecule has 0 unspecified atom stereocenters. The van der Waals surface area contributed by atoms with E-state index in [4.69, 9.17) is 0 Å². The highest BCUT2D eigenvalue weighted by Gasteiger charge is 2.18. The zero-order chi connectivity index (χ0) is 12.8. The molecule has 0 aromatic carbocycles. The van der Waals surface area contributed by atoms with Gasteiger partial charge in [0.15, 0.2) is 0 Å². The molecule has 5 nitrogen and oxygen atoms in total. The number of ether oxygens (including phenoxy) is 1. The molecule has 0 heterocycles. The number of nitrogens with one attached hydrogen (secondary N) is 1. The highest BCUT2D eigenvalue weighted by atomic mass is 16.5. The van der Waals surface area contributed by atoms with Crippen LogP contribution >= 0.6 is 0 Å². The Labute approximate surface area is 97.1 Å². The average molecular weight is 230 g/mol. The molecule has 0 aromatic rings. The summed E-state index contributed by atoms with van der Waals surface area (Å²) in [6.45, 7) is 8.57. The van der Waals surface area contributed by atoms with E-state index in [2.05, 4.69) is 10.1 Å². The minimum Gasteiger partial charge on any atom is -0.469 e. The number of methoxy groups -OCH3 is 1. The van der Waals surface area contributed by atoms with E-state index in [-0.39, 0.29) is 24.0 Å². The van der Waals surface area contributed by atoms with Gasteiger partial charge in [0, 0.05) is 18.6 Å². The number of hydrogen-bond donors (Lipinski definition) is 1. The minimum atomic E-state index is -0.304. The lowest BCUT2D eigenvalue weighted by atomic mass is 10.1. The predicted octanol–water partition coefficient (Wildman–Crippen LogP) is 1.38. The van der Waals surface area contributed by atoms with Gasteiger partial charge in [0.1, 0.15) is 0 Å². The third-order valence-corrected chi connectivity index (χ3v) is 1.96. The lowest BCUT2D eigenvalue weighted by Gasteiger charge is -2.27. The predicted molar refractivity (Wildman–Crippen MR) is 62.2 cm³/mol. The number of urea groups is 1. The van der Waals surface area contributed by atoms with Gasteiger partial charge in [-0.15, -0.1) is 0 Å². The van der Waals surface area contributed by atoms with E-state index in [1.807, 2.05) is 27.7 Å². The topological polar surface area (TPSA) is 58.6 Å². The molecule has 0 fully saturated rings. The van der Waals surface area contributed by atoms with Crippen molar-refractivity contribution < 1.29 is 14.3 Å². The molecular weight excluding hydrogens is 208 g/mol. The number of esters is 1. The molecule has 0 aliphatic carbocycles. The Hall–Kier alpha value is -1.26. The Morgan fingerprint density at radius 3 is 2.25 bits per heavy atom. The third kappa shape index (κ3) is 6.27. The standard InChI is InChI=1S/C11H22N2O3/c1-6-13(8-7-9(14)16-5)10(15)12-11(2,3)4/h6-8H2,1-5H3,(H,12,15). The van der Waals surface area contributed by atoms with Gasteiger partial charge < -0.3 is 15.0 Å². The number of nitrogens with zero attached hydrogens (tertiary/aromatic N) is 1. The van der Waals surface area contributed by atoms with Crippen LogP contribution in [0.1, 0.15) is 34.1 Å². The number of carbonyl (C=O) groups excluding carboxylic acids is 2. The molecule has 0 radical (unpaired) electrons. The zero-order valence-corrected chi connectivity index (χ0v) is 10.8. The van der Waals surface area contributed by atoms with Crippen molar-refractivity contribution in [2.24, 2.45) is 0 Å². The van der Waals surface area contributed by atoms with Crippen LogP contribution in [0.3, 0.4) is 0 Å². The van der Waals surface area contributed by atoms with E-state index in [9.17, 15) is 9.59 Å². The zero-order valence-electron chi connectivity index (χ0n) is 10.8. The van der Waals surface area contributed by atoms with Crippen LogP contribution < -0.4 is 5.32 Å². The van der Waals surface area contributed by atoms with E-state index in [1.165, 1.54) is 7.11 Å². The molecule has 0 spiro atoms. The largest absolute Gasteiger partial charge is 0.469 e. The van der Waals surface area contributed by atoms with Crippen LogP contribution in [0.15, 0.2) is 0 Å². The molecule has 0 bridgehead atoms. The molecular formula is C11H22N2O3. The molecule has 5 heteroatoms. The van der Waals surface area contributed by atoms with Crippen molar-refractivity contribution in [3.05, 3.63) is 0 Å². The summed E-state index contributed by atoms with van der Waals surface area (Å²) < 4.78 is 4.53. The van der Waals surface area contributed by atoms with Crippen molar-refractivity contribution in [2.45, 2.75) is 39.7 Å². The van der Waals surface area contributed by atoms with Crippen molar-refractivity contribution >= 4 is 12.0 Å². The van der Waals surface area contributed by atoms with E-state index in [1.54, 1.807) is 4.90 Å². The second-order valence-corrected chi connectivity index (χ2v) is 4.59. The van der Waals surface area contributed by atoms with Gasteiger partial charge >= 0.3 is 12.0 Å². The summed E-state index contributed by atoms with van der Waals surface area (Å²) in [7, 11) is 1.34. The molecule has 16 heavy (non-hydrogen) atoms. The Balaban J connectivity index is 4.17. The maximum Gasteiger partial charge on any atom is 0.317 e. The molecule has 0 rings (SSSR count). The van der Waals surface area contributed by atoms with Crippen LogP contribution in [0.4, 0.5) is 4.79 Å². The first kappa shape index (κ1) is 14.7. The van der Waals surface area contributed by atoms with Gasteiger partial charge in [-0.1, -0.05) is 0 Å². The Morgan fingerprint density at radius 1 is 1.31 bits per heavy atom. The molecule has 0 aliphatic rings. The summed E-state index contributed by atoms with van der Waals surface area (Å²) in [6.07, 6.45) is 0.224. The van der Waals surface area contributed by atoms with Crippen LogP contribution in [0.2, 0.25) is 0 Å². The summed E-state index contributed by atoms with van der Waals surface area (Å²) in [5.41, 5.74) is -0.268. The quantitative estimate of drug-likeness (QED) is 0.742. The van der Waals surface area contributed by atoms with Gasteiger partial charge in [-0.2, -0.15) is 0 Å². The number of hydrogen-bond acceptors (Lipinski definition) is 3. The molecule has 94 valence electrons. The van der Waals surface area contributed by atoms with Gasteiger partial charge in [0.2, 0.25) is 0 Å². The number of carbonyl (C=O) groups is 2. The lowest BCUT2D eigenvalue weighted by Crippen LogP contribution is -2.48. The van der Waals surface area contributed by atoms with E-state index < -0.39 is 0 Å². The van der Waals surface area contributed by atoms with E-state index in [0.717, 1.165) is 0 Å². The molecule has 0 saturated carbocycles. The van der Waals surface area contributed by atoms with Crippen molar-refractivity contribution in [3.8, 4) is 0 Å². The molecule has 2 amide bonds. The molecule has 0 aliphatic heterocycles. The fourth-order valence-corrected chi connectivity index (χ4v) is 1.13. The molecule has 0 atom stereocenters. The van der Waals surface area contributed by atoms with Gasteiger partial charge in [0.25, 0.3) is 0 Å². The van der Waals surface area contributed by atoms with Gasteiger partial charge in [-0.25, -0.2) is 4.79 Å². The molecule has 0 aromatic heterocycles. The fourth-order valence-electron chi connectivity index (χ4n) is 1.13.